The molecule has 20 heavy (non-hydrogen) atoms. The van der Waals surface area contributed by atoms with Gasteiger partial charge in [0.25, 0.3) is 0 Å². The number of carboxylic acids is 2. The Bertz CT molecular complexity index is 342. The first-order valence-corrected chi connectivity index (χ1v) is 6.78. The zero-order chi connectivity index (χ0) is 15.8. The van der Waals surface area contributed by atoms with E-state index in [0.29, 0.717) is 19.3 Å². The average Bonchev–Trinajstić information content (AvgIpc) is 2.24. The number of ether oxygens (including phenoxy) is 1. The van der Waals surface area contributed by atoms with Crippen LogP contribution in [0.25, 0.3) is 0 Å². The van der Waals surface area contributed by atoms with E-state index in [2.05, 4.69) is 0 Å². The predicted octanol–water partition coefficient (Wildman–Crippen LogP) is 2.45. The smallest absolute Gasteiger partial charge is 0.306 e. The maximum absolute atomic E-state index is 11.5. The number of esters is 1. The van der Waals surface area contributed by atoms with Gasteiger partial charge in [0.05, 0.1) is 5.92 Å². The van der Waals surface area contributed by atoms with Crippen molar-refractivity contribution in [3.8, 4) is 0 Å². The second kappa shape index (κ2) is 8.55. The van der Waals surface area contributed by atoms with E-state index >= 15 is 0 Å². The molecule has 0 fully saturated rings. The van der Waals surface area contributed by atoms with Crippen molar-refractivity contribution < 1.29 is 29.3 Å². The van der Waals surface area contributed by atoms with Gasteiger partial charge in [0.1, 0.15) is 5.60 Å². The fourth-order valence-electron chi connectivity index (χ4n) is 1.74. The van der Waals surface area contributed by atoms with Crippen molar-refractivity contribution in [2.75, 3.05) is 0 Å². The Kier molecular flexibility index (Phi) is 7.87. The molecule has 6 heteroatoms. The summed E-state index contributed by atoms with van der Waals surface area (Å²) in [5, 5.41) is 17.6. The normalized spacial score (nSPS) is 12.8. The van der Waals surface area contributed by atoms with Crippen LogP contribution in [0.2, 0.25) is 0 Å². The number of hydrogen-bond donors (Lipinski definition) is 2. The average molecular weight is 288 g/mol. The van der Waals surface area contributed by atoms with Gasteiger partial charge in [-0.05, 0) is 40.0 Å². The zero-order valence-electron chi connectivity index (χ0n) is 12.3. The van der Waals surface area contributed by atoms with Crippen LogP contribution in [0.3, 0.4) is 0 Å². The molecule has 0 amide bonds. The number of carboxylic acid groups (broad SMARTS) is 2. The number of aliphatic carboxylic acids is 2. The first-order valence-electron chi connectivity index (χ1n) is 6.78. The molecule has 0 rings (SSSR count). The van der Waals surface area contributed by atoms with Gasteiger partial charge in [0.15, 0.2) is 0 Å². The maximum atomic E-state index is 11.5. The van der Waals surface area contributed by atoms with Crippen molar-refractivity contribution >= 4 is 17.9 Å². The fourth-order valence-corrected chi connectivity index (χ4v) is 1.74. The molecule has 1 atom stereocenters. The predicted molar refractivity (Wildman–Crippen MR) is 72.3 cm³/mol. The summed E-state index contributed by atoms with van der Waals surface area (Å²) >= 11 is 0. The highest BCUT2D eigenvalue weighted by Gasteiger charge is 2.21. The van der Waals surface area contributed by atoms with Crippen LogP contribution >= 0.6 is 0 Å². The van der Waals surface area contributed by atoms with Crippen LogP contribution < -0.4 is 0 Å². The number of carbonyl (C=O) groups is 3. The number of rotatable bonds is 9. The van der Waals surface area contributed by atoms with Crippen LogP contribution in [0.5, 0.6) is 0 Å². The molecule has 0 bridgehead atoms. The quantitative estimate of drug-likeness (QED) is 0.499. The highest BCUT2D eigenvalue weighted by atomic mass is 16.6. The van der Waals surface area contributed by atoms with E-state index < -0.39 is 29.4 Å². The molecule has 1 unspecified atom stereocenters. The minimum Gasteiger partial charge on any atom is -0.481 e. The standard InChI is InChI=1S/C14H24O6/c1-14(2,3)20-12(17)9-8-10(13(18)19)6-4-5-7-11(15)16/h10H,4-9H2,1-3H3,(H,15,16)(H,18,19). The van der Waals surface area contributed by atoms with Gasteiger partial charge in [0.2, 0.25) is 0 Å². The molecule has 0 saturated carbocycles. The van der Waals surface area contributed by atoms with Crippen LogP contribution in [0.4, 0.5) is 0 Å². The van der Waals surface area contributed by atoms with Crippen molar-refractivity contribution in [3.63, 3.8) is 0 Å². The third kappa shape index (κ3) is 10.3. The molecule has 0 aliphatic heterocycles. The molecule has 0 spiro atoms. The van der Waals surface area contributed by atoms with Crippen molar-refractivity contribution in [1.82, 2.24) is 0 Å². The van der Waals surface area contributed by atoms with Crippen molar-refractivity contribution in [2.24, 2.45) is 5.92 Å². The third-order valence-electron chi connectivity index (χ3n) is 2.66. The second-order valence-corrected chi connectivity index (χ2v) is 5.80. The number of unbranched alkanes of at least 4 members (excludes halogenated alkanes) is 1. The Labute approximate surface area is 119 Å². The van der Waals surface area contributed by atoms with E-state index in [-0.39, 0.29) is 19.3 Å². The van der Waals surface area contributed by atoms with E-state index in [4.69, 9.17) is 14.9 Å². The van der Waals surface area contributed by atoms with Crippen LogP contribution in [-0.2, 0) is 19.1 Å². The Morgan fingerprint density at radius 2 is 1.60 bits per heavy atom. The minimum absolute atomic E-state index is 0.0401. The van der Waals surface area contributed by atoms with Crippen molar-refractivity contribution in [1.29, 1.82) is 0 Å². The Morgan fingerprint density at radius 1 is 1.00 bits per heavy atom. The SMILES string of the molecule is CC(C)(C)OC(=O)CCC(CCCCC(=O)O)C(=O)O. The van der Waals surface area contributed by atoms with E-state index in [1.807, 2.05) is 0 Å². The van der Waals surface area contributed by atoms with Gasteiger partial charge in [0, 0.05) is 12.8 Å². The van der Waals surface area contributed by atoms with Gasteiger partial charge in [-0.1, -0.05) is 6.42 Å². The summed E-state index contributed by atoms with van der Waals surface area (Å²) in [6.45, 7) is 5.27. The van der Waals surface area contributed by atoms with Crippen molar-refractivity contribution in [2.45, 2.75) is 64.9 Å². The molecule has 2 N–H and O–H groups in total. The minimum atomic E-state index is -0.955. The summed E-state index contributed by atoms with van der Waals surface area (Å²) < 4.78 is 5.12. The maximum Gasteiger partial charge on any atom is 0.306 e. The molecule has 116 valence electrons. The van der Waals surface area contributed by atoms with E-state index in [1.165, 1.54) is 0 Å². The van der Waals surface area contributed by atoms with E-state index in [1.54, 1.807) is 20.8 Å². The molecule has 0 radical (unpaired) electrons. The molecule has 0 aromatic heterocycles. The van der Waals surface area contributed by atoms with Crippen LogP contribution in [0.1, 0.15) is 59.3 Å². The third-order valence-corrected chi connectivity index (χ3v) is 2.66. The topological polar surface area (TPSA) is 101 Å². The highest BCUT2D eigenvalue weighted by Crippen LogP contribution is 2.18. The molecule has 0 aliphatic rings. The highest BCUT2D eigenvalue weighted by molar-refractivity contribution is 5.73. The lowest BCUT2D eigenvalue weighted by molar-refractivity contribution is -0.155. The van der Waals surface area contributed by atoms with Gasteiger partial charge in [-0.15, -0.1) is 0 Å². The molecule has 6 nitrogen and oxygen atoms in total. The second-order valence-electron chi connectivity index (χ2n) is 5.80. The summed E-state index contributed by atoms with van der Waals surface area (Å²) in [5.41, 5.74) is -0.572. The molecular formula is C14H24O6. The largest absolute Gasteiger partial charge is 0.481 e. The molecule has 0 aromatic carbocycles. The fraction of sp³-hybridized carbons (Fsp3) is 0.786. The molecule has 0 heterocycles. The van der Waals surface area contributed by atoms with Gasteiger partial charge in [-0.3, -0.25) is 14.4 Å². The van der Waals surface area contributed by atoms with Crippen molar-refractivity contribution in [3.05, 3.63) is 0 Å². The van der Waals surface area contributed by atoms with Gasteiger partial charge >= 0.3 is 17.9 Å². The van der Waals surface area contributed by atoms with Gasteiger partial charge in [-0.25, -0.2) is 0 Å². The van der Waals surface area contributed by atoms with Crippen LogP contribution in [0, 0.1) is 5.92 Å². The van der Waals surface area contributed by atoms with Crippen LogP contribution in [-0.4, -0.2) is 33.7 Å². The molecule has 0 aromatic rings. The number of hydrogen-bond acceptors (Lipinski definition) is 4. The summed E-state index contributed by atoms with van der Waals surface area (Å²) in [5.74, 6) is -2.87. The number of carbonyl (C=O) groups excluding carboxylic acids is 1. The lowest BCUT2D eigenvalue weighted by Gasteiger charge is -2.20. The lowest BCUT2D eigenvalue weighted by atomic mass is 9.96. The molecule has 0 aliphatic carbocycles. The first kappa shape index (κ1) is 18.4. The summed E-state index contributed by atoms with van der Waals surface area (Å²) in [6, 6.07) is 0. The Balaban J connectivity index is 4.06. The summed E-state index contributed by atoms with van der Waals surface area (Å²) in [6.07, 6.45) is 1.68. The summed E-state index contributed by atoms with van der Waals surface area (Å²) in [4.78, 5) is 32.9. The van der Waals surface area contributed by atoms with Gasteiger partial charge < -0.3 is 14.9 Å². The van der Waals surface area contributed by atoms with E-state index in [0.717, 1.165) is 0 Å². The molecular weight excluding hydrogens is 264 g/mol. The Morgan fingerprint density at radius 3 is 2.05 bits per heavy atom. The molecule has 0 saturated heterocycles. The zero-order valence-corrected chi connectivity index (χ0v) is 12.3. The summed E-state index contributed by atoms with van der Waals surface area (Å²) in [7, 11) is 0. The van der Waals surface area contributed by atoms with E-state index in [9.17, 15) is 14.4 Å². The Hall–Kier alpha value is -1.59. The first-order chi connectivity index (χ1) is 9.11. The monoisotopic (exact) mass is 288 g/mol. The lowest BCUT2D eigenvalue weighted by Crippen LogP contribution is -2.25. The van der Waals surface area contributed by atoms with Crippen LogP contribution in [0.15, 0.2) is 0 Å². The van der Waals surface area contributed by atoms with Gasteiger partial charge in [-0.2, -0.15) is 0 Å².